The lowest BCUT2D eigenvalue weighted by Gasteiger charge is -2.31. The van der Waals surface area contributed by atoms with E-state index in [1.807, 2.05) is 15.6 Å². The van der Waals surface area contributed by atoms with Crippen molar-refractivity contribution < 1.29 is 5.11 Å². The summed E-state index contributed by atoms with van der Waals surface area (Å²) in [5, 5.41) is 21.6. The quantitative estimate of drug-likeness (QED) is 0.860. The monoisotopic (exact) mass is 318 g/mol. The molecule has 1 saturated heterocycles. The van der Waals surface area contributed by atoms with Crippen LogP contribution in [0.3, 0.4) is 0 Å². The number of aryl methyl sites for hydroxylation is 1. The number of aliphatic hydroxyl groups is 1. The highest BCUT2D eigenvalue weighted by molar-refractivity contribution is 5.24. The van der Waals surface area contributed by atoms with Crippen LogP contribution in [-0.4, -0.2) is 54.5 Å². The molecule has 1 aliphatic rings. The van der Waals surface area contributed by atoms with E-state index in [0.717, 1.165) is 31.9 Å². The molecule has 0 aromatic carbocycles. The Morgan fingerprint density at radius 2 is 2.04 bits per heavy atom. The lowest BCUT2D eigenvalue weighted by molar-refractivity contribution is 0.163. The molecule has 23 heavy (non-hydrogen) atoms. The smallest absolute Gasteiger partial charge is 0.0692 e. The normalized spacial score (nSPS) is 17.0. The molecule has 0 saturated carbocycles. The number of likely N-dealkylation sites (tertiary alicyclic amines) is 1. The molecule has 2 aromatic rings. The van der Waals surface area contributed by atoms with Crippen LogP contribution in [0.5, 0.6) is 0 Å². The molecule has 1 N–H and O–H groups in total. The lowest BCUT2D eigenvalue weighted by atomic mass is 9.96. The van der Waals surface area contributed by atoms with E-state index in [-0.39, 0.29) is 6.61 Å². The summed E-state index contributed by atoms with van der Waals surface area (Å²) in [6.45, 7) is 9.03. The zero-order valence-electron chi connectivity index (χ0n) is 14.0. The highest BCUT2D eigenvalue weighted by atomic mass is 16.3. The molecule has 3 heterocycles. The van der Waals surface area contributed by atoms with Crippen molar-refractivity contribution in [3.05, 3.63) is 29.3 Å². The van der Waals surface area contributed by atoms with E-state index in [4.69, 9.17) is 5.11 Å². The van der Waals surface area contributed by atoms with E-state index in [1.165, 1.54) is 24.1 Å². The molecule has 0 unspecified atom stereocenters. The van der Waals surface area contributed by atoms with Crippen LogP contribution in [0.4, 0.5) is 0 Å². The van der Waals surface area contributed by atoms with Gasteiger partial charge in [0.15, 0.2) is 0 Å². The van der Waals surface area contributed by atoms with Gasteiger partial charge in [-0.25, -0.2) is 0 Å². The molecule has 1 aliphatic heterocycles. The van der Waals surface area contributed by atoms with Gasteiger partial charge in [-0.3, -0.25) is 14.3 Å². The standard InChI is InChI=1S/C16H26N6O/c1-13-16(14(2)22(18-13)9-10-23)12-20-6-3-15(4-7-20)11-21-8-5-17-19-21/h5,8,15,23H,3-4,6-7,9-12H2,1-2H3. The molecular weight excluding hydrogens is 292 g/mol. The minimum absolute atomic E-state index is 0.134. The van der Waals surface area contributed by atoms with Gasteiger partial charge in [0.05, 0.1) is 25.0 Å². The second-order valence-corrected chi connectivity index (χ2v) is 6.44. The zero-order chi connectivity index (χ0) is 16.2. The first kappa shape index (κ1) is 16.1. The molecule has 1 fully saturated rings. The van der Waals surface area contributed by atoms with Gasteiger partial charge >= 0.3 is 0 Å². The molecule has 7 nitrogen and oxygen atoms in total. The predicted octanol–water partition coefficient (Wildman–Crippen LogP) is 0.996. The Balaban J connectivity index is 1.54. The van der Waals surface area contributed by atoms with Gasteiger partial charge in [0.2, 0.25) is 0 Å². The summed E-state index contributed by atoms with van der Waals surface area (Å²) in [5.41, 5.74) is 3.58. The SMILES string of the molecule is Cc1nn(CCO)c(C)c1CN1CCC(Cn2ccnn2)CC1. The maximum atomic E-state index is 9.12. The Kier molecular flexibility index (Phi) is 5.07. The van der Waals surface area contributed by atoms with Crippen LogP contribution >= 0.6 is 0 Å². The van der Waals surface area contributed by atoms with Gasteiger partial charge < -0.3 is 5.11 Å². The maximum Gasteiger partial charge on any atom is 0.0692 e. The van der Waals surface area contributed by atoms with Gasteiger partial charge in [0, 0.05) is 30.5 Å². The first-order chi connectivity index (χ1) is 11.2. The molecule has 0 bridgehead atoms. The number of nitrogens with zero attached hydrogens (tertiary/aromatic N) is 6. The molecule has 0 spiro atoms. The van der Waals surface area contributed by atoms with Gasteiger partial charge in [0.1, 0.15) is 0 Å². The Hall–Kier alpha value is -1.73. The molecule has 0 atom stereocenters. The third-order valence-corrected chi connectivity index (χ3v) is 4.85. The Morgan fingerprint density at radius 3 is 2.70 bits per heavy atom. The van der Waals surface area contributed by atoms with Crippen molar-refractivity contribution in [1.82, 2.24) is 29.7 Å². The van der Waals surface area contributed by atoms with Crippen LogP contribution in [0.25, 0.3) is 0 Å². The second-order valence-electron chi connectivity index (χ2n) is 6.44. The molecule has 2 aromatic heterocycles. The van der Waals surface area contributed by atoms with E-state index < -0.39 is 0 Å². The third kappa shape index (κ3) is 3.79. The van der Waals surface area contributed by atoms with Crippen molar-refractivity contribution in [2.45, 2.75) is 46.3 Å². The molecular formula is C16H26N6O. The van der Waals surface area contributed by atoms with Crippen molar-refractivity contribution in [2.75, 3.05) is 19.7 Å². The van der Waals surface area contributed by atoms with Crippen molar-refractivity contribution in [2.24, 2.45) is 5.92 Å². The molecule has 126 valence electrons. The number of aliphatic hydroxyl groups excluding tert-OH is 1. The van der Waals surface area contributed by atoms with Gasteiger partial charge in [-0.15, -0.1) is 5.10 Å². The summed E-state index contributed by atoms with van der Waals surface area (Å²) in [6, 6.07) is 0. The van der Waals surface area contributed by atoms with Gasteiger partial charge in [-0.1, -0.05) is 5.21 Å². The van der Waals surface area contributed by atoms with Crippen molar-refractivity contribution in [3.8, 4) is 0 Å². The average molecular weight is 318 g/mol. The second kappa shape index (κ2) is 7.23. The molecule has 0 radical (unpaired) electrons. The number of aromatic nitrogens is 5. The van der Waals surface area contributed by atoms with Crippen LogP contribution in [0, 0.1) is 19.8 Å². The highest BCUT2D eigenvalue weighted by Crippen LogP contribution is 2.22. The van der Waals surface area contributed by atoms with Gasteiger partial charge in [0.25, 0.3) is 0 Å². The topological polar surface area (TPSA) is 72.0 Å². The predicted molar refractivity (Wildman–Crippen MR) is 86.8 cm³/mol. The zero-order valence-corrected chi connectivity index (χ0v) is 14.0. The van der Waals surface area contributed by atoms with Crippen molar-refractivity contribution >= 4 is 0 Å². The molecule has 3 rings (SSSR count). The molecule has 7 heteroatoms. The molecule has 0 aliphatic carbocycles. The largest absolute Gasteiger partial charge is 0.394 e. The van der Waals surface area contributed by atoms with Crippen LogP contribution in [0.2, 0.25) is 0 Å². The van der Waals surface area contributed by atoms with Crippen molar-refractivity contribution in [3.63, 3.8) is 0 Å². The Labute approximate surface area is 136 Å². The summed E-state index contributed by atoms with van der Waals surface area (Å²) in [4.78, 5) is 2.51. The fourth-order valence-electron chi connectivity index (χ4n) is 3.42. The van der Waals surface area contributed by atoms with Gasteiger partial charge in [-0.2, -0.15) is 5.10 Å². The summed E-state index contributed by atoms with van der Waals surface area (Å²) in [5.74, 6) is 0.687. The lowest BCUT2D eigenvalue weighted by Crippen LogP contribution is -2.34. The summed E-state index contributed by atoms with van der Waals surface area (Å²) >= 11 is 0. The van der Waals surface area contributed by atoms with E-state index in [9.17, 15) is 0 Å². The number of piperidine rings is 1. The highest BCUT2D eigenvalue weighted by Gasteiger charge is 2.22. The Bertz CT molecular complexity index is 613. The summed E-state index contributed by atoms with van der Waals surface area (Å²) < 4.78 is 3.86. The number of rotatable bonds is 6. The first-order valence-corrected chi connectivity index (χ1v) is 8.37. The van der Waals surface area contributed by atoms with Crippen molar-refractivity contribution in [1.29, 1.82) is 0 Å². The average Bonchev–Trinajstić information content (AvgIpc) is 3.14. The van der Waals surface area contributed by atoms with E-state index >= 15 is 0 Å². The van der Waals surface area contributed by atoms with Crippen LogP contribution in [0.1, 0.15) is 29.8 Å². The number of hydrogen-bond donors (Lipinski definition) is 1. The maximum absolute atomic E-state index is 9.12. The van der Waals surface area contributed by atoms with E-state index in [2.05, 4.69) is 34.2 Å². The first-order valence-electron chi connectivity index (χ1n) is 8.37. The van der Waals surface area contributed by atoms with Gasteiger partial charge in [-0.05, 0) is 45.7 Å². The fourth-order valence-corrected chi connectivity index (χ4v) is 3.42. The van der Waals surface area contributed by atoms with Crippen LogP contribution in [0.15, 0.2) is 12.4 Å². The fraction of sp³-hybridized carbons (Fsp3) is 0.688. The minimum Gasteiger partial charge on any atom is -0.394 e. The van der Waals surface area contributed by atoms with E-state index in [0.29, 0.717) is 12.5 Å². The van der Waals surface area contributed by atoms with E-state index in [1.54, 1.807) is 6.20 Å². The third-order valence-electron chi connectivity index (χ3n) is 4.85. The summed E-state index contributed by atoms with van der Waals surface area (Å²) in [6.07, 6.45) is 6.07. The van der Waals surface area contributed by atoms with Crippen LogP contribution < -0.4 is 0 Å². The summed E-state index contributed by atoms with van der Waals surface area (Å²) in [7, 11) is 0. The van der Waals surface area contributed by atoms with Crippen LogP contribution in [-0.2, 0) is 19.6 Å². The molecule has 0 amide bonds. The Morgan fingerprint density at radius 1 is 1.26 bits per heavy atom. The number of hydrogen-bond acceptors (Lipinski definition) is 5. The minimum atomic E-state index is 0.134.